The molecule has 126 valence electrons. The minimum atomic E-state index is -0.544. The van der Waals surface area contributed by atoms with Crippen LogP contribution in [-0.4, -0.2) is 24.0 Å². The Morgan fingerprint density at radius 2 is 1.88 bits per heavy atom. The van der Waals surface area contributed by atoms with Gasteiger partial charge in [-0.05, 0) is 36.8 Å². The molecule has 0 aliphatic rings. The third-order valence-electron chi connectivity index (χ3n) is 3.94. The SMILES string of the molecule is COC(=O)c1ccc(C)c(NC(=O)c2c[nH]c3ccccc3c2=O)c1. The number of esters is 1. The van der Waals surface area contributed by atoms with Crippen molar-refractivity contribution in [3.8, 4) is 0 Å². The number of methoxy groups -OCH3 is 1. The Morgan fingerprint density at radius 1 is 1.12 bits per heavy atom. The molecule has 25 heavy (non-hydrogen) atoms. The summed E-state index contributed by atoms with van der Waals surface area (Å²) >= 11 is 0. The summed E-state index contributed by atoms with van der Waals surface area (Å²) in [6.45, 7) is 1.79. The second-order valence-electron chi connectivity index (χ2n) is 5.55. The van der Waals surface area contributed by atoms with Crippen LogP contribution in [0.4, 0.5) is 5.69 Å². The summed E-state index contributed by atoms with van der Waals surface area (Å²) in [4.78, 5) is 39.6. The van der Waals surface area contributed by atoms with Crippen molar-refractivity contribution in [3.63, 3.8) is 0 Å². The molecule has 1 amide bonds. The Hall–Kier alpha value is -3.41. The first-order valence-corrected chi connectivity index (χ1v) is 7.62. The van der Waals surface area contributed by atoms with Gasteiger partial charge in [0.05, 0.1) is 12.7 Å². The Labute approximate surface area is 143 Å². The van der Waals surface area contributed by atoms with Crippen molar-refractivity contribution in [1.82, 2.24) is 4.98 Å². The number of anilines is 1. The van der Waals surface area contributed by atoms with E-state index in [2.05, 4.69) is 15.0 Å². The van der Waals surface area contributed by atoms with Gasteiger partial charge in [0.1, 0.15) is 5.56 Å². The highest BCUT2D eigenvalue weighted by Crippen LogP contribution is 2.18. The Morgan fingerprint density at radius 3 is 2.64 bits per heavy atom. The molecule has 1 heterocycles. The lowest BCUT2D eigenvalue weighted by Gasteiger charge is -2.10. The van der Waals surface area contributed by atoms with Gasteiger partial charge < -0.3 is 15.0 Å². The lowest BCUT2D eigenvalue weighted by molar-refractivity contribution is 0.0600. The summed E-state index contributed by atoms with van der Waals surface area (Å²) < 4.78 is 4.68. The van der Waals surface area contributed by atoms with E-state index in [4.69, 9.17) is 0 Å². The quantitative estimate of drug-likeness (QED) is 0.720. The zero-order chi connectivity index (χ0) is 18.0. The van der Waals surface area contributed by atoms with Gasteiger partial charge in [0.25, 0.3) is 5.91 Å². The number of benzene rings is 2. The van der Waals surface area contributed by atoms with Crippen LogP contribution in [0.5, 0.6) is 0 Å². The normalized spacial score (nSPS) is 10.5. The summed E-state index contributed by atoms with van der Waals surface area (Å²) in [6, 6.07) is 11.8. The molecule has 1 aromatic heterocycles. The number of aromatic nitrogens is 1. The molecule has 0 aliphatic carbocycles. The van der Waals surface area contributed by atoms with Crippen LogP contribution >= 0.6 is 0 Å². The number of para-hydroxylation sites is 1. The minimum Gasteiger partial charge on any atom is -0.465 e. The van der Waals surface area contributed by atoms with E-state index in [-0.39, 0.29) is 11.0 Å². The van der Waals surface area contributed by atoms with Crippen molar-refractivity contribution in [2.45, 2.75) is 6.92 Å². The first-order valence-electron chi connectivity index (χ1n) is 7.62. The van der Waals surface area contributed by atoms with Gasteiger partial charge in [-0.3, -0.25) is 9.59 Å². The fourth-order valence-electron chi connectivity index (χ4n) is 2.53. The molecule has 3 aromatic rings. The third-order valence-corrected chi connectivity index (χ3v) is 3.94. The Bertz CT molecular complexity index is 1040. The smallest absolute Gasteiger partial charge is 0.337 e. The second-order valence-corrected chi connectivity index (χ2v) is 5.55. The van der Waals surface area contributed by atoms with Gasteiger partial charge in [0.2, 0.25) is 5.43 Å². The molecular formula is C19H16N2O4. The molecule has 0 aliphatic heterocycles. The third kappa shape index (κ3) is 3.14. The maximum Gasteiger partial charge on any atom is 0.337 e. The van der Waals surface area contributed by atoms with Crippen LogP contribution in [0.2, 0.25) is 0 Å². The average Bonchev–Trinajstić information content (AvgIpc) is 2.63. The molecule has 0 saturated heterocycles. The van der Waals surface area contributed by atoms with Crippen molar-refractivity contribution in [1.29, 1.82) is 0 Å². The van der Waals surface area contributed by atoms with Crippen LogP contribution in [0.1, 0.15) is 26.3 Å². The van der Waals surface area contributed by atoms with Crippen molar-refractivity contribution >= 4 is 28.5 Å². The molecule has 0 unspecified atom stereocenters. The van der Waals surface area contributed by atoms with Gasteiger partial charge in [-0.15, -0.1) is 0 Å². The average molecular weight is 336 g/mol. The number of nitrogens with one attached hydrogen (secondary N) is 2. The van der Waals surface area contributed by atoms with Crippen LogP contribution in [-0.2, 0) is 4.74 Å². The topological polar surface area (TPSA) is 88.3 Å². The molecule has 0 spiro atoms. The van der Waals surface area contributed by atoms with Crippen molar-refractivity contribution in [3.05, 3.63) is 75.6 Å². The lowest BCUT2D eigenvalue weighted by Crippen LogP contribution is -2.22. The number of carbonyl (C=O) groups is 2. The molecule has 0 saturated carbocycles. The fraction of sp³-hybridized carbons (Fsp3) is 0.105. The summed E-state index contributed by atoms with van der Waals surface area (Å²) in [7, 11) is 1.29. The molecule has 3 rings (SSSR count). The number of aromatic amines is 1. The highest BCUT2D eigenvalue weighted by atomic mass is 16.5. The molecule has 6 nitrogen and oxygen atoms in total. The Balaban J connectivity index is 1.97. The molecule has 0 radical (unpaired) electrons. The molecule has 0 atom stereocenters. The van der Waals surface area contributed by atoms with E-state index in [0.717, 1.165) is 5.56 Å². The minimum absolute atomic E-state index is 0.00145. The number of rotatable bonds is 3. The molecule has 2 N–H and O–H groups in total. The Kier molecular flexibility index (Phi) is 4.35. The molecule has 6 heteroatoms. The maximum absolute atomic E-state index is 12.5. The van der Waals surface area contributed by atoms with Gasteiger partial charge in [-0.2, -0.15) is 0 Å². The number of amides is 1. The van der Waals surface area contributed by atoms with E-state index in [0.29, 0.717) is 22.2 Å². The lowest BCUT2D eigenvalue weighted by atomic mass is 10.1. The summed E-state index contributed by atoms with van der Waals surface area (Å²) in [5.41, 5.74) is 1.83. The van der Waals surface area contributed by atoms with E-state index >= 15 is 0 Å². The highest BCUT2D eigenvalue weighted by molar-refractivity contribution is 6.06. The monoisotopic (exact) mass is 336 g/mol. The number of carbonyl (C=O) groups excluding carboxylic acids is 2. The van der Waals surface area contributed by atoms with Gasteiger partial charge in [-0.25, -0.2) is 4.79 Å². The summed E-state index contributed by atoms with van der Waals surface area (Å²) in [5.74, 6) is -1.05. The van der Waals surface area contributed by atoms with E-state index in [1.54, 1.807) is 43.3 Å². The number of ether oxygens (including phenoxy) is 1. The number of fused-ring (bicyclic) bond motifs is 1. The predicted molar refractivity (Wildman–Crippen MR) is 95.0 cm³/mol. The highest BCUT2D eigenvalue weighted by Gasteiger charge is 2.15. The van der Waals surface area contributed by atoms with E-state index in [1.165, 1.54) is 19.4 Å². The number of hydrogen-bond acceptors (Lipinski definition) is 4. The number of H-pyrrole nitrogens is 1. The van der Waals surface area contributed by atoms with Gasteiger partial charge in [-0.1, -0.05) is 18.2 Å². The second kappa shape index (κ2) is 6.60. The van der Waals surface area contributed by atoms with Gasteiger partial charge in [0, 0.05) is 22.8 Å². The van der Waals surface area contributed by atoms with Gasteiger partial charge in [0.15, 0.2) is 0 Å². The fourth-order valence-corrected chi connectivity index (χ4v) is 2.53. The first-order chi connectivity index (χ1) is 12.0. The van der Waals surface area contributed by atoms with E-state index < -0.39 is 11.9 Å². The maximum atomic E-state index is 12.5. The van der Waals surface area contributed by atoms with Crippen LogP contribution in [0.3, 0.4) is 0 Å². The molecular weight excluding hydrogens is 320 g/mol. The van der Waals surface area contributed by atoms with Crippen LogP contribution < -0.4 is 10.7 Å². The largest absolute Gasteiger partial charge is 0.465 e. The van der Waals surface area contributed by atoms with Crippen LogP contribution in [0, 0.1) is 6.92 Å². The number of aryl methyl sites for hydroxylation is 1. The summed E-state index contributed by atoms with van der Waals surface area (Å²) in [6.07, 6.45) is 1.39. The van der Waals surface area contributed by atoms with Crippen LogP contribution in [0.25, 0.3) is 10.9 Å². The van der Waals surface area contributed by atoms with Crippen molar-refractivity contribution < 1.29 is 14.3 Å². The van der Waals surface area contributed by atoms with E-state index in [1.807, 2.05) is 0 Å². The van der Waals surface area contributed by atoms with Crippen molar-refractivity contribution in [2.24, 2.45) is 0 Å². The molecule has 2 aromatic carbocycles. The number of hydrogen-bond donors (Lipinski definition) is 2. The standard InChI is InChI=1S/C19H16N2O4/c1-11-7-8-12(19(24)25-2)9-16(11)21-18(23)14-10-20-15-6-4-3-5-13(15)17(14)22/h3-10H,1-2H3,(H,20,22)(H,21,23). The first kappa shape index (κ1) is 16.4. The predicted octanol–water partition coefficient (Wildman–Crippen LogP) is 2.88. The number of pyridine rings is 1. The molecule has 0 fully saturated rings. The zero-order valence-electron chi connectivity index (χ0n) is 13.8. The summed E-state index contributed by atoms with van der Waals surface area (Å²) in [5, 5.41) is 3.12. The molecule has 0 bridgehead atoms. The van der Waals surface area contributed by atoms with Crippen molar-refractivity contribution in [2.75, 3.05) is 12.4 Å². The van der Waals surface area contributed by atoms with E-state index in [9.17, 15) is 14.4 Å². The zero-order valence-corrected chi connectivity index (χ0v) is 13.8. The van der Waals surface area contributed by atoms with Gasteiger partial charge >= 0.3 is 5.97 Å². The van der Waals surface area contributed by atoms with Crippen LogP contribution in [0.15, 0.2) is 53.5 Å².